The van der Waals surface area contributed by atoms with Gasteiger partial charge in [-0.05, 0) is 44.5 Å². The van der Waals surface area contributed by atoms with Crippen molar-refractivity contribution in [3.63, 3.8) is 0 Å². The summed E-state index contributed by atoms with van der Waals surface area (Å²) < 4.78 is 27.7. The Labute approximate surface area is 165 Å². The molecular formula is C21H24N4O2S. The molecule has 6 nitrogen and oxygen atoms in total. The summed E-state index contributed by atoms with van der Waals surface area (Å²) in [5.74, 6) is 0.835. The zero-order valence-corrected chi connectivity index (χ0v) is 17.2. The molecule has 0 spiro atoms. The van der Waals surface area contributed by atoms with Crippen molar-refractivity contribution < 1.29 is 8.42 Å². The van der Waals surface area contributed by atoms with Gasteiger partial charge in [0, 0.05) is 26.2 Å². The van der Waals surface area contributed by atoms with E-state index < -0.39 is 10.0 Å². The van der Waals surface area contributed by atoms with E-state index in [9.17, 15) is 8.42 Å². The van der Waals surface area contributed by atoms with Crippen molar-refractivity contribution in [1.29, 1.82) is 0 Å². The van der Waals surface area contributed by atoms with Gasteiger partial charge in [-0.25, -0.2) is 18.4 Å². The highest BCUT2D eigenvalue weighted by molar-refractivity contribution is 7.89. The molecule has 0 atom stereocenters. The van der Waals surface area contributed by atoms with E-state index in [1.54, 1.807) is 10.4 Å². The Morgan fingerprint density at radius 3 is 2.14 bits per heavy atom. The molecule has 1 aliphatic heterocycles. The van der Waals surface area contributed by atoms with Crippen molar-refractivity contribution in [3.8, 4) is 0 Å². The molecule has 4 rings (SSSR count). The molecule has 0 N–H and O–H groups in total. The summed E-state index contributed by atoms with van der Waals surface area (Å²) in [5, 5.41) is 0. The predicted molar refractivity (Wildman–Crippen MR) is 111 cm³/mol. The maximum absolute atomic E-state index is 13.1. The van der Waals surface area contributed by atoms with Gasteiger partial charge in [0.15, 0.2) is 5.82 Å². The summed E-state index contributed by atoms with van der Waals surface area (Å²) in [6, 6.07) is 13.3. The molecule has 1 aromatic heterocycles. The Morgan fingerprint density at radius 2 is 1.50 bits per heavy atom. The van der Waals surface area contributed by atoms with Crippen molar-refractivity contribution in [1.82, 2.24) is 14.3 Å². The zero-order chi connectivity index (χ0) is 19.9. The van der Waals surface area contributed by atoms with Crippen LogP contribution in [0.3, 0.4) is 0 Å². The average molecular weight is 397 g/mol. The van der Waals surface area contributed by atoms with Crippen LogP contribution in [0.15, 0.2) is 47.4 Å². The topological polar surface area (TPSA) is 66.4 Å². The number of sulfonamides is 1. The number of piperazine rings is 1. The van der Waals surface area contributed by atoms with Crippen LogP contribution >= 0.6 is 0 Å². The standard InChI is InChI=1S/C21H24N4O2S/c1-15-8-9-20(16(2)14-15)28(26,27)25-12-10-24(11-13-25)21-17(3)22-18-6-4-5-7-19(18)23-21/h4-9,14H,10-13H2,1-3H3. The smallest absolute Gasteiger partial charge is 0.243 e. The van der Waals surface area contributed by atoms with E-state index in [-0.39, 0.29) is 0 Å². The van der Waals surface area contributed by atoms with Gasteiger partial charge < -0.3 is 4.90 Å². The number of aromatic nitrogens is 2. The highest BCUT2D eigenvalue weighted by Crippen LogP contribution is 2.25. The van der Waals surface area contributed by atoms with Gasteiger partial charge in [0.05, 0.1) is 21.6 Å². The zero-order valence-electron chi connectivity index (χ0n) is 16.4. The molecule has 2 heterocycles. The summed E-state index contributed by atoms with van der Waals surface area (Å²) in [4.78, 5) is 11.9. The number of hydrogen-bond donors (Lipinski definition) is 0. The van der Waals surface area contributed by atoms with Crippen LogP contribution in [0.25, 0.3) is 11.0 Å². The number of para-hydroxylation sites is 2. The highest BCUT2D eigenvalue weighted by atomic mass is 32.2. The van der Waals surface area contributed by atoms with Crippen molar-refractivity contribution in [2.45, 2.75) is 25.7 Å². The summed E-state index contributed by atoms with van der Waals surface area (Å²) in [7, 11) is -3.49. The lowest BCUT2D eigenvalue weighted by Crippen LogP contribution is -2.49. The number of nitrogens with zero attached hydrogens (tertiary/aromatic N) is 4. The van der Waals surface area contributed by atoms with Crippen molar-refractivity contribution in [2.24, 2.45) is 0 Å². The van der Waals surface area contributed by atoms with Crippen LogP contribution in [0.4, 0.5) is 5.82 Å². The fraction of sp³-hybridized carbons (Fsp3) is 0.333. The fourth-order valence-corrected chi connectivity index (χ4v) is 5.37. The Kier molecular flexibility index (Phi) is 4.81. The van der Waals surface area contributed by atoms with E-state index in [1.165, 1.54) is 0 Å². The monoisotopic (exact) mass is 396 g/mol. The molecule has 0 saturated carbocycles. The Hall–Kier alpha value is -2.51. The van der Waals surface area contributed by atoms with Crippen LogP contribution in [0.2, 0.25) is 0 Å². The first kappa shape index (κ1) is 18.8. The first-order valence-electron chi connectivity index (χ1n) is 9.42. The van der Waals surface area contributed by atoms with E-state index in [4.69, 9.17) is 4.98 Å². The molecule has 0 aliphatic carbocycles. The van der Waals surface area contributed by atoms with Crippen LogP contribution in [-0.4, -0.2) is 48.9 Å². The second-order valence-electron chi connectivity index (χ2n) is 7.28. The third-order valence-corrected chi connectivity index (χ3v) is 7.27. The van der Waals surface area contributed by atoms with Gasteiger partial charge in [0.1, 0.15) is 0 Å². The SMILES string of the molecule is Cc1ccc(S(=O)(=O)N2CCN(c3nc4ccccc4nc3C)CC2)c(C)c1. The van der Waals surface area contributed by atoms with Gasteiger partial charge in [-0.15, -0.1) is 0 Å². The molecule has 146 valence electrons. The van der Waals surface area contributed by atoms with E-state index in [0.717, 1.165) is 33.7 Å². The average Bonchev–Trinajstić information content (AvgIpc) is 2.67. The maximum atomic E-state index is 13.1. The van der Waals surface area contributed by atoms with Crippen molar-refractivity contribution in [3.05, 3.63) is 59.3 Å². The molecule has 1 saturated heterocycles. The van der Waals surface area contributed by atoms with Gasteiger partial charge in [-0.1, -0.05) is 29.8 Å². The lowest BCUT2D eigenvalue weighted by atomic mass is 10.2. The molecule has 0 unspecified atom stereocenters. The first-order valence-corrected chi connectivity index (χ1v) is 10.9. The fourth-order valence-electron chi connectivity index (χ4n) is 3.75. The van der Waals surface area contributed by atoms with Crippen LogP contribution in [0, 0.1) is 20.8 Å². The molecular weight excluding hydrogens is 372 g/mol. The molecule has 1 fully saturated rings. The van der Waals surface area contributed by atoms with Gasteiger partial charge in [-0.3, -0.25) is 0 Å². The van der Waals surface area contributed by atoms with Gasteiger partial charge in [0.2, 0.25) is 10.0 Å². The summed E-state index contributed by atoms with van der Waals surface area (Å²) in [6.45, 7) is 7.83. The number of benzene rings is 2. The lowest BCUT2D eigenvalue weighted by molar-refractivity contribution is 0.383. The molecule has 0 radical (unpaired) electrons. The maximum Gasteiger partial charge on any atom is 0.243 e. The van der Waals surface area contributed by atoms with Crippen molar-refractivity contribution >= 4 is 26.9 Å². The number of hydrogen-bond acceptors (Lipinski definition) is 5. The van der Waals surface area contributed by atoms with Gasteiger partial charge in [0.25, 0.3) is 0 Å². The molecule has 3 aromatic rings. The molecule has 0 bridgehead atoms. The third kappa shape index (κ3) is 3.36. The number of rotatable bonds is 3. The molecule has 2 aromatic carbocycles. The second-order valence-corrected chi connectivity index (χ2v) is 9.19. The summed E-state index contributed by atoms with van der Waals surface area (Å²) in [5.41, 5.74) is 4.45. The van der Waals surface area contributed by atoms with Crippen molar-refractivity contribution in [2.75, 3.05) is 31.1 Å². The van der Waals surface area contributed by atoms with Crippen LogP contribution in [-0.2, 0) is 10.0 Å². The van der Waals surface area contributed by atoms with E-state index >= 15 is 0 Å². The Morgan fingerprint density at radius 1 is 0.857 bits per heavy atom. The second kappa shape index (κ2) is 7.14. The predicted octanol–water partition coefficient (Wildman–Crippen LogP) is 3.07. The van der Waals surface area contributed by atoms with Crippen LogP contribution < -0.4 is 4.90 Å². The summed E-state index contributed by atoms with van der Waals surface area (Å²) >= 11 is 0. The largest absolute Gasteiger partial charge is 0.352 e. The lowest BCUT2D eigenvalue weighted by Gasteiger charge is -2.35. The minimum absolute atomic E-state index is 0.397. The van der Waals surface area contributed by atoms with Gasteiger partial charge >= 0.3 is 0 Å². The van der Waals surface area contributed by atoms with Crippen LogP contribution in [0.5, 0.6) is 0 Å². The molecule has 28 heavy (non-hydrogen) atoms. The molecule has 7 heteroatoms. The first-order chi connectivity index (χ1) is 13.4. The Balaban J connectivity index is 1.55. The quantitative estimate of drug-likeness (QED) is 0.681. The van der Waals surface area contributed by atoms with E-state index in [2.05, 4.69) is 9.88 Å². The van der Waals surface area contributed by atoms with Gasteiger partial charge in [-0.2, -0.15) is 4.31 Å². The number of aryl methyl sites for hydroxylation is 3. The van der Waals surface area contributed by atoms with Crippen LogP contribution in [0.1, 0.15) is 16.8 Å². The Bertz CT molecular complexity index is 1140. The summed E-state index contributed by atoms with van der Waals surface area (Å²) in [6.07, 6.45) is 0. The highest BCUT2D eigenvalue weighted by Gasteiger charge is 2.30. The minimum Gasteiger partial charge on any atom is -0.352 e. The number of anilines is 1. The van der Waals surface area contributed by atoms with E-state index in [1.807, 2.05) is 57.2 Å². The van der Waals surface area contributed by atoms with E-state index in [0.29, 0.717) is 31.1 Å². The minimum atomic E-state index is -3.49. The molecule has 0 amide bonds. The number of fused-ring (bicyclic) bond motifs is 1. The molecule has 1 aliphatic rings. The normalized spacial score (nSPS) is 15.9. The third-order valence-electron chi connectivity index (χ3n) is 5.21.